The monoisotopic (exact) mass is 270 g/mol. The zero-order valence-corrected chi connectivity index (χ0v) is 10.8. The molecule has 5 heteroatoms. The second kappa shape index (κ2) is 5.63. The summed E-state index contributed by atoms with van der Waals surface area (Å²) in [4.78, 5) is 0. The first-order valence-corrected chi connectivity index (χ1v) is 6.47. The summed E-state index contributed by atoms with van der Waals surface area (Å²) >= 11 is 0. The maximum Gasteiger partial charge on any atom is 0.418 e. The second-order valence-corrected chi connectivity index (χ2v) is 4.91. The van der Waals surface area contributed by atoms with Crippen LogP contribution < -0.4 is 5.43 Å². The number of nitrogens with one attached hydrogen (secondary N) is 1. The van der Waals surface area contributed by atoms with Crippen LogP contribution in [0.25, 0.3) is 0 Å². The van der Waals surface area contributed by atoms with E-state index in [1.807, 2.05) is 0 Å². The molecule has 1 saturated carbocycles. The fraction of sp³-hybridized carbons (Fsp3) is 0.500. The number of alkyl halides is 3. The molecule has 0 aliphatic heterocycles. The maximum atomic E-state index is 12.8. The van der Waals surface area contributed by atoms with Gasteiger partial charge in [0.15, 0.2) is 0 Å². The Hall–Kier alpha value is -1.52. The average molecular weight is 270 g/mol. The molecule has 2 rings (SSSR count). The predicted octanol–water partition coefficient (Wildman–Crippen LogP) is 4.68. The molecule has 0 radical (unpaired) electrons. The Balaban J connectivity index is 2.17. The summed E-state index contributed by atoms with van der Waals surface area (Å²) in [5.74, 6) is 0.347. The van der Waals surface area contributed by atoms with Crippen molar-refractivity contribution in [3.63, 3.8) is 0 Å². The predicted molar refractivity (Wildman–Crippen MR) is 70.1 cm³/mol. The highest BCUT2D eigenvalue weighted by atomic mass is 19.4. The third kappa shape index (κ3) is 3.49. The summed E-state index contributed by atoms with van der Waals surface area (Å²) in [6, 6.07) is 5.42. The zero-order chi connectivity index (χ0) is 13.9. The van der Waals surface area contributed by atoms with E-state index in [-0.39, 0.29) is 5.69 Å². The van der Waals surface area contributed by atoms with Crippen LogP contribution in [-0.4, -0.2) is 5.71 Å². The van der Waals surface area contributed by atoms with Crippen molar-refractivity contribution in [3.8, 4) is 0 Å². The van der Waals surface area contributed by atoms with E-state index in [0.29, 0.717) is 5.92 Å². The second-order valence-electron chi connectivity index (χ2n) is 4.91. The maximum absolute atomic E-state index is 12.8. The van der Waals surface area contributed by atoms with Gasteiger partial charge in [-0.25, -0.2) is 0 Å². The van der Waals surface area contributed by atoms with Gasteiger partial charge in [-0.15, -0.1) is 0 Å². The van der Waals surface area contributed by atoms with E-state index in [2.05, 4.69) is 17.5 Å². The standard InChI is InChI=1S/C14H17F3N2/c1-10-6-2-4-8-12(10)18-19-13-9-5-3-7-11(13)14(15,16)17/h3,5,7,9-10,19H,2,4,6,8H2,1H3/b18-12-/t10-/m0/s1. The molecule has 104 valence electrons. The lowest BCUT2D eigenvalue weighted by molar-refractivity contribution is -0.136. The van der Waals surface area contributed by atoms with Crippen molar-refractivity contribution in [2.45, 2.75) is 38.8 Å². The molecular weight excluding hydrogens is 253 g/mol. The Kier molecular flexibility index (Phi) is 4.12. The number of rotatable bonds is 2. The first-order chi connectivity index (χ1) is 8.98. The summed E-state index contributed by atoms with van der Waals surface area (Å²) < 4.78 is 38.4. The molecule has 1 aliphatic rings. The largest absolute Gasteiger partial charge is 0.418 e. The van der Waals surface area contributed by atoms with Gasteiger partial charge in [-0.3, -0.25) is 5.43 Å². The molecule has 0 unspecified atom stereocenters. The number of hydrogen-bond donors (Lipinski definition) is 1. The van der Waals surface area contributed by atoms with E-state index in [1.54, 1.807) is 6.07 Å². The molecule has 0 amide bonds. The van der Waals surface area contributed by atoms with Gasteiger partial charge in [-0.1, -0.05) is 25.5 Å². The highest BCUT2D eigenvalue weighted by Crippen LogP contribution is 2.34. The van der Waals surface area contributed by atoms with Crippen molar-refractivity contribution >= 4 is 11.4 Å². The number of anilines is 1. The molecule has 0 spiro atoms. The smallest absolute Gasteiger partial charge is 0.278 e. The number of hydrazone groups is 1. The number of nitrogens with zero attached hydrogens (tertiary/aromatic N) is 1. The summed E-state index contributed by atoms with van der Waals surface area (Å²) in [6.07, 6.45) is -0.211. The fourth-order valence-corrected chi connectivity index (χ4v) is 2.30. The van der Waals surface area contributed by atoms with E-state index in [4.69, 9.17) is 0 Å². The van der Waals surface area contributed by atoms with E-state index in [9.17, 15) is 13.2 Å². The van der Waals surface area contributed by atoms with E-state index < -0.39 is 11.7 Å². The molecule has 1 fully saturated rings. The van der Waals surface area contributed by atoms with Crippen LogP contribution in [0.15, 0.2) is 29.4 Å². The molecule has 1 aromatic carbocycles. The summed E-state index contributed by atoms with van der Waals surface area (Å²) in [6.45, 7) is 2.06. The van der Waals surface area contributed by atoms with Crippen molar-refractivity contribution < 1.29 is 13.2 Å². The minimum Gasteiger partial charge on any atom is -0.278 e. The molecule has 1 aromatic rings. The minimum atomic E-state index is -4.36. The Morgan fingerprint density at radius 2 is 1.95 bits per heavy atom. The van der Waals surface area contributed by atoms with Gasteiger partial charge in [0.2, 0.25) is 0 Å². The van der Waals surface area contributed by atoms with Crippen LogP contribution in [0.3, 0.4) is 0 Å². The van der Waals surface area contributed by atoms with Crippen molar-refractivity contribution in [3.05, 3.63) is 29.8 Å². The Morgan fingerprint density at radius 3 is 2.63 bits per heavy atom. The molecule has 19 heavy (non-hydrogen) atoms. The van der Waals surface area contributed by atoms with Crippen molar-refractivity contribution in [2.24, 2.45) is 11.0 Å². The zero-order valence-electron chi connectivity index (χ0n) is 10.8. The van der Waals surface area contributed by atoms with Gasteiger partial charge in [0.05, 0.1) is 11.3 Å². The molecule has 1 aliphatic carbocycles. The minimum absolute atomic E-state index is 0.0141. The van der Waals surface area contributed by atoms with Gasteiger partial charge in [0.1, 0.15) is 0 Å². The Morgan fingerprint density at radius 1 is 1.21 bits per heavy atom. The number of para-hydroxylation sites is 1. The molecular formula is C14H17F3N2. The Bertz CT molecular complexity index is 466. The number of hydrogen-bond acceptors (Lipinski definition) is 2. The molecule has 1 atom stereocenters. The van der Waals surface area contributed by atoms with Crippen LogP contribution in [0.1, 0.15) is 38.2 Å². The normalized spacial score (nSPS) is 22.5. The van der Waals surface area contributed by atoms with Gasteiger partial charge in [0.25, 0.3) is 0 Å². The summed E-state index contributed by atoms with van der Waals surface area (Å²) in [5.41, 5.74) is 2.89. The highest BCUT2D eigenvalue weighted by Gasteiger charge is 2.33. The van der Waals surface area contributed by atoms with Crippen LogP contribution in [0, 0.1) is 5.92 Å². The van der Waals surface area contributed by atoms with Crippen LogP contribution in [0.2, 0.25) is 0 Å². The van der Waals surface area contributed by atoms with Crippen LogP contribution in [0.5, 0.6) is 0 Å². The van der Waals surface area contributed by atoms with Crippen LogP contribution >= 0.6 is 0 Å². The van der Waals surface area contributed by atoms with E-state index >= 15 is 0 Å². The molecule has 0 bridgehead atoms. The van der Waals surface area contributed by atoms with Gasteiger partial charge in [0, 0.05) is 5.71 Å². The highest BCUT2D eigenvalue weighted by molar-refractivity contribution is 5.87. The average Bonchev–Trinajstić information content (AvgIpc) is 2.37. The molecule has 0 aromatic heterocycles. The number of halogens is 3. The van der Waals surface area contributed by atoms with Gasteiger partial charge >= 0.3 is 6.18 Å². The molecule has 0 heterocycles. The lowest BCUT2D eigenvalue weighted by atomic mass is 9.89. The molecule has 2 nitrogen and oxygen atoms in total. The summed E-state index contributed by atoms with van der Waals surface area (Å²) in [5, 5.41) is 4.18. The third-order valence-electron chi connectivity index (χ3n) is 3.44. The lowest BCUT2D eigenvalue weighted by Crippen LogP contribution is -2.18. The Labute approximate surface area is 110 Å². The van der Waals surface area contributed by atoms with E-state index in [0.717, 1.165) is 31.0 Å². The SMILES string of the molecule is C[C@H]1CCCC/C1=N/Nc1ccccc1C(F)(F)F. The fourth-order valence-electron chi connectivity index (χ4n) is 2.30. The lowest BCUT2D eigenvalue weighted by Gasteiger charge is -2.20. The van der Waals surface area contributed by atoms with Gasteiger partial charge in [-0.05, 0) is 37.3 Å². The molecule has 0 saturated heterocycles. The van der Waals surface area contributed by atoms with Gasteiger partial charge in [-0.2, -0.15) is 18.3 Å². The topological polar surface area (TPSA) is 24.4 Å². The van der Waals surface area contributed by atoms with Crippen LogP contribution in [-0.2, 0) is 6.18 Å². The van der Waals surface area contributed by atoms with E-state index in [1.165, 1.54) is 18.6 Å². The summed E-state index contributed by atoms with van der Waals surface area (Å²) in [7, 11) is 0. The van der Waals surface area contributed by atoms with Crippen molar-refractivity contribution in [1.82, 2.24) is 0 Å². The van der Waals surface area contributed by atoms with Crippen molar-refractivity contribution in [1.29, 1.82) is 0 Å². The number of benzene rings is 1. The van der Waals surface area contributed by atoms with Gasteiger partial charge < -0.3 is 0 Å². The van der Waals surface area contributed by atoms with Crippen molar-refractivity contribution in [2.75, 3.05) is 5.43 Å². The molecule has 1 N–H and O–H groups in total. The first kappa shape index (κ1) is 13.9. The van der Waals surface area contributed by atoms with Crippen LogP contribution in [0.4, 0.5) is 18.9 Å². The first-order valence-electron chi connectivity index (χ1n) is 6.47. The third-order valence-corrected chi connectivity index (χ3v) is 3.44. The quantitative estimate of drug-likeness (QED) is 0.775.